The van der Waals surface area contributed by atoms with Gasteiger partial charge in [-0.1, -0.05) is 13.8 Å². The molecule has 1 rings (SSSR count). The second-order valence-electron chi connectivity index (χ2n) is 3.48. The Morgan fingerprint density at radius 1 is 1.62 bits per heavy atom. The predicted molar refractivity (Wildman–Crippen MR) is 55.0 cm³/mol. The molecule has 1 aromatic rings. The summed E-state index contributed by atoms with van der Waals surface area (Å²) >= 11 is 1.64. The SMILES string of the molecule is Cc1scnc1CCC(=O)C(C)C. The number of Topliss-reactive ketones (excluding diaryl/α,β-unsaturated/α-hetero) is 1. The first-order valence-corrected chi connectivity index (χ1v) is 5.41. The van der Waals surface area contributed by atoms with Crippen molar-refractivity contribution in [1.29, 1.82) is 0 Å². The lowest BCUT2D eigenvalue weighted by molar-refractivity contribution is -0.121. The maximum Gasteiger partial charge on any atom is 0.135 e. The Kier molecular flexibility index (Phi) is 3.60. The first-order valence-electron chi connectivity index (χ1n) is 4.53. The number of ketones is 1. The van der Waals surface area contributed by atoms with Crippen molar-refractivity contribution in [3.05, 3.63) is 16.1 Å². The minimum absolute atomic E-state index is 0.152. The predicted octanol–water partition coefficient (Wildman–Crippen LogP) is 2.61. The highest BCUT2D eigenvalue weighted by molar-refractivity contribution is 7.09. The van der Waals surface area contributed by atoms with Crippen LogP contribution in [-0.2, 0) is 11.2 Å². The van der Waals surface area contributed by atoms with E-state index in [1.54, 1.807) is 11.3 Å². The largest absolute Gasteiger partial charge is 0.299 e. The van der Waals surface area contributed by atoms with Crippen LogP contribution in [0.15, 0.2) is 5.51 Å². The van der Waals surface area contributed by atoms with Crippen molar-refractivity contribution in [2.45, 2.75) is 33.6 Å². The molecule has 0 fully saturated rings. The molecule has 0 bridgehead atoms. The number of carbonyl (C=O) groups is 1. The molecule has 13 heavy (non-hydrogen) atoms. The van der Waals surface area contributed by atoms with Crippen LogP contribution >= 0.6 is 11.3 Å². The lowest BCUT2D eigenvalue weighted by Gasteiger charge is -2.02. The molecular formula is C10H15NOS. The summed E-state index contributed by atoms with van der Waals surface area (Å²) in [6.45, 7) is 5.93. The Morgan fingerprint density at radius 2 is 2.31 bits per heavy atom. The van der Waals surface area contributed by atoms with E-state index in [1.165, 1.54) is 4.88 Å². The zero-order chi connectivity index (χ0) is 9.84. The molecule has 0 aliphatic heterocycles. The van der Waals surface area contributed by atoms with Gasteiger partial charge in [-0.05, 0) is 13.3 Å². The lowest BCUT2D eigenvalue weighted by atomic mass is 10.0. The Labute approximate surface area is 83.0 Å². The van der Waals surface area contributed by atoms with Crippen molar-refractivity contribution in [2.24, 2.45) is 5.92 Å². The second kappa shape index (κ2) is 4.51. The van der Waals surface area contributed by atoms with Crippen molar-refractivity contribution in [2.75, 3.05) is 0 Å². The van der Waals surface area contributed by atoms with Crippen LogP contribution < -0.4 is 0 Å². The van der Waals surface area contributed by atoms with E-state index in [0.717, 1.165) is 12.1 Å². The van der Waals surface area contributed by atoms with Gasteiger partial charge in [-0.15, -0.1) is 11.3 Å². The standard InChI is InChI=1S/C10H15NOS/c1-7(2)10(12)5-4-9-8(3)13-6-11-9/h6-7H,4-5H2,1-3H3. The maximum atomic E-state index is 11.3. The van der Waals surface area contributed by atoms with Crippen molar-refractivity contribution in [3.63, 3.8) is 0 Å². The summed E-state index contributed by atoms with van der Waals surface area (Å²) in [6.07, 6.45) is 1.43. The van der Waals surface area contributed by atoms with Gasteiger partial charge >= 0.3 is 0 Å². The Hall–Kier alpha value is -0.700. The van der Waals surface area contributed by atoms with Gasteiger partial charge in [0.15, 0.2) is 0 Å². The van der Waals surface area contributed by atoms with E-state index in [9.17, 15) is 4.79 Å². The van der Waals surface area contributed by atoms with Gasteiger partial charge in [0.25, 0.3) is 0 Å². The number of aryl methyl sites for hydroxylation is 2. The number of carbonyl (C=O) groups excluding carboxylic acids is 1. The number of rotatable bonds is 4. The van der Waals surface area contributed by atoms with E-state index >= 15 is 0 Å². The Bertz CT molecular complexity index is 291. The van der Waals surface area contributed by atoms with E-state index in [2.05, 4.69) is 4.98 Å². The molecule has 0 saturated carbocycles. The van der Waals surface area contributed by atoms with E-state index in [-0.39, 0.29) is 5.92 Å². The molecule has 0 atom stereocenters. The summed E-state index contributed by atoms with van der Waals surface area (Å²) in [5.41, 5.74) is 2.92. The van der Waals surface area contributed by atoms with Crippen molar-refractivity contribution in [3.8, 4) is 0 Å². The molecule has 0 spiro atoms. The molecule has 0 saturated heterocycles. The number of nitrogens with zero attached hydrogens (tertiary/aromatic N) is 1. The van der Waals surface area contributed by atoms with Gasteiger partial charge in [0, 0.05) is 17.2 Å². The molecule has 0 N–H and O–H groups in total. The molecule has 0 aliphatic rings. The average molecular weight is 197 g/mol. The van der Waals surface area contributed by atoms with Crippen LogP contribution in [0.5, 0.6) is 0 Å². The molecule has 72 valence electrons. The first kappa shape index (κ1) is 10.4. The number of aromatic nitrogens is 1. The molecule has 0 unspecified atom stereocenters. The fraction of sp³-hybridized carbons (Fsp3) is 0.600. The van der Waals surface area contributed by atoms with Crippen molar-refractivity contribution in [1.82, 2.24) is 4.98 Å². The molecule has 3 heteroatoms. The van der Waals surface area contributed by atoms with Gasteiger partial charge in [-0.2, -0.15) is 0 Å². The summed E-state index contributed by atoms with van der Waals surface area (Å²) in [6, 6.07) is 0. The number of hydrogen-bond donors (Lipinski definition) is 0. The highest BCUT2D eigenvalue weighted by atomic mass is 32.1. The lowest BCUT2D eigenvalue weighted by Crippen LogP contribution is -2.08. The van der Waals surface area contributed by atoms with Crippen LogP contribution in [0.3, 0.4) is 0 Å². The summed E-state index contributed by atoms with van der Waals surface area (Å²) in [5.74, 6) is 0.478. The smallest absolute Gasteiger partial charge is 0.135 e. The van der Waals surface area contributed by atoms with Gasteiger partial charge < -0.3 is 0 Å². The molecule has 0 amide bonds. The van der Waals surface area contributed by atoms with Gasteiger partial charge in [0.1, 0.15) is 5.78 Å². The summed E-state index contributed by atoms with van der Waals surface area (Å²) < 4.78 is 0. The quantitative estimate of drug-likeness (QED) is 0.742. The average Bonchev–Trinajstić information content (AvgIpc) is 2.47. The van der Waals surface area contributed by atoms with Gasteiger partial charge in [0.05, 0.1) is 11.2 Å². The van der Waals surface area contributed by atoms with Crippen LogP contribution in [0.25, 0.3) is 0 Å². The summed E-state index contributed by atoms with van der Waals surface area (Å²) in [7, 11) is 0. The minimum Gasteiger partial charge on any atom is -0.299 e. The summed E-state index contributed by atoms with van der Waals surface area (Å²) in [5, 5.41) is 0. The molecular weight excluding hydrogens is 182 g/mol. The number of hydrogen-bond acceptors (Lipinski definition) is 3. The molecule has 0 radical (unpaired) electrons. The van der Waals surface area contributed by atoms with E-state index < -0.39 is 0 Å². The van der Waals surface area contributed by atoms with E-state index in [1.807, 2.05) is 26.3 Å². The zero-order valence-electron chi connectivity index (χ0n) is 8.33. The monoisotopic (exact) mass is 197 g/mol. The Balaban J connectivity index is 2.44. The third-order valence-electron chi connectivity index (χ3n) is 2.10. The van der Waals surface area contributed by atoms with Crippen LogP contribution in [0, 0.1) is 12.8 Å². The normalized spacial score (nSPS) is 10.8. The van der Waals surface area contributed by atoms with Crippen LogP contribution in [0.2, 0.25) is 0 Å². The third kappa shape index (κ3) is 2.92. The fourth-order valence-corrected chi connectivity index (χ4v) is 1.73. The topological polar surface area (TPSA) is 30.0 Å². The highest BCUT2D eigenvalue weighted by Gasteiger charge is 2.09. The van der Waals surface area contributed by atoms with Gasteiger partial charge in [-0.25, -0.2) is 4.98 Å². The van der Waals surface area contributed by atoms with Crippen LogP contribution in [-0.4, -0.2) is 10.8 Å². The van der Waals surface area contributed by atoms with E-state index in [4.69, 9.17) is 0 Å². The fourth-order valence-electron chi connectivity index (χ4n) is 1.10. The summed E-state index contributed by atoms with van der Waals surface area (Å²) in [4.78, 5) is 16.8. The number of thiazole rings is 1. The van der Waals surface area contributed by atoms with Crippen LogP contribution in [0.4, 0.5) is 0 Å². The van der Waals surface area contributed by atoms with E-state index in [0.29, 0.717) is 12.2 Å². The second-order valence-corrected chi connectivity index (χ2v) is 4.54. The molecule has 0 aromatic carbocycles. The van der Waals surface area contributed by atoms with Crippen molar-refractivity contribution >= 4 is 17.1 Å². The van der Waals surface area contributed by atoms with Crippen LogP contribution in [0.1, 0.15) is 30.8 Å². The van der Waals surface area contributed by atoms with Gasteiger partial charge in [0.2, 0.25) is 0 Å². The maximum absolute atomic E-state index is 11.3. The highest BCUT2D eigenvalue weighted by Crippen LogP contribution is 2.14. The molecule has 1 aromatic heterocycles. The molecule has 1 heterocycles. The zero-order valence-corrected chi connectivity index (χ0v) is 9.15. The first-order chi connectivity index (χ1) is 6.11. The molecule has 2 nitrogen and oxygen atoms in total. The van der Waals surface area contributed by atoms with Crippen molar-refractivity contribution < 1.29 is 4.79 Å². The Morgan fingerprint density at radius 3 is 2.77 bits per heavy atom. The van der Waals surface area contributed by atoms with Gasteiger partial charge in [-0.3, -0.25) is 4.79 Å². The minimum atomic E-state index is 0.152. The third-order valence-corrected chi connectivity index (χ3v) is 2.90. The molecule has 0 aliphatic carbocycles.